The number of aliphatic hydroxyl groups excluding tert-OH is 1. The number of hydrogen-bond donors (Lipinski definition) is 2. The van der Waals surface area contributed by atoms with Gasteiger partial charge in [-0.3, -0.25) is 14.9 Å². The molecule has 0 radical (unpaired) electrons. The first-order valence-electron chi connectivity index (χ1n) is 7.99. The largest absolute Gasteiger partial charge is 0.383 e. The fourth-order valence-electron chi connectivity index (χ4n) is 2.50. The van der Waals surface area contributed by atoms with Crippen molar-refractivity contribution in [1.82, 2.24) is 5.32 Å². The zero-order chi connectivity index (χ0) is 19.4. The predicted octanol–water partition coefficient (Wildman–Crippen LogP) is 4.32. The quantitative estimate of drug-likeness (QED) is 0.474. The maximum atomic E-state index is 12.3. The molecule has 1 heterocycles. The van der Waals surface area contributed by atoms with Crippen LogP contribution < -0.4 is 5.32 Å². The van der Waals surface area contributed by atoms with Crippen molar-refractivity contribution in [3.8, 4) is 0 Å². The summed E-state index contributed by atoms with van der Waals surface area (Å²) in [7, 11) is 0. The summed E-state index contributed by atoms with van der Waals surface area (Å²) in [5.41, 5.74) is 0.638. The Bertz CT molecular complexity index is 975. The minimum atomic E-state index is -0.730. The van der Waals surface area contributed by atoms with Crippen LogP contribution in [0.5, 0.6) is 0 Å². The lowest BCUT2D eigenvalue weighted by Crippen LogP contribution is -2.22. The van der Waals surface area contributed by atoms with E-state index in [1.54, 1.807) is 0 Å². The summed E-state index contributed by atoms with van der Waals surface area (Å²) < 4.78 is 0. The van der Waals surface area contributed by atoms with Gasteiger partial charge in [0, 0.05) is 21.9 Å². The molecule has 0 spiro atoms. The Morgan fingerprint density at radius 1 is 1.19 bits per heavy atom. The second kappa shape index (κ2) is 8.30. The zero-order valence-corrected chi connectivity index (χ0v) is 15.5. The van der Waals surface area contributed by atoms with Crippen LogP contribution >= 0.6 is 22.9 Å². The smallest absolute Gasteiger partial charge is 0.270 e. The van der Waals surface area contributed by atoms with E-state index in [-0.39, 0.29) is 22.8 Å². The van der Waals surface area contributed by atoms with Crippen LogP contribution in [0.25, 0.3) is 0 Å². The molecule has 0 aliphatic rings. The van der Waals surface area contributed by atoms with Gasteiger partial charge in [0.05, 0.1) is 22.1 Å². The van der Waals surface area contributed by atoms with Gasteiger partial charge in [0.25, 0.3) is 11.6 Å². The predicted molar refractivity (Wildman–Crippen MR) is 104 cm³/mol. The van der Waals surface area contributed by atoms with E-state index in [9.17, 15) is 20.0 Å². The van der Waals surface area contributed by atoms with Gasteiger partial charge >= 0.3 is 0 Å². The fraction of sp³-hybridized carbons (Fsp3) is 0.105. The highest BCUT2D eigenvalue weighted by atomic mass is 35.5. The molecule has 0 bridgehead atoms. The molecule has 2 aromatic carbocycles. The van der Waals surface area contributed by atoms with E-state index in [0.29, 0.717) is 0 Å². The van der Waals surface area contributed by atoms with E-state index in [1.165, 1.54) is 23.5 Å². The Hall–Kier alpha value is -2.74. The summed E-state index contributed by atoms with van der Waals surface area (Å²) in [6.07, 6.45) is -0.730. The highest BCUT2D eigenvalue weighted by Crippen LogP contribution is 2.28. The second-order valence-electron chi connectivity index (χ2n) is 5.72. The molecule has 0 aliphatic heterocycles. The number of aliphatic hydroxyl groups is 1. The molecule has 2 N–H and O–H groups in total. The van der Waals surface area contributed by atoms with Crippen molar-refractivity contribution in [2.24, 2.45) is 0 Å². The molecule has 0 saturated carbocycles. The number of carbonyl (C=O) groups excluding carboxylic acids is 1. The molecule has 1 amide bonds. The first-order chi connectivity index (χ1) is 13.0. The monoisotopic (exact) mass is 402 g/mol. The molecular formula is C19H15ClN2O4S. The Morgan fingerprint density at radius 3 is 2.63 bits per heavy atom. The number of thiophene rings is 1. The fourth-order valence-corrected chi connectivity index (χ4v) is 3.67. The zero-order valence-electron chi connectivity index (χ0n) is 14.0. The van der Waals surface area contributed by atoms with Crippen LogP contribution in [0, 0.1) is 10.1 Å². The lowest BCUT2D eigenvalue weighted by molar-refractivity contribution is -0.384. The third-order valence-electron chi connectivity index (χ3n) is 3.90. The van der Waals surface area contributed by atoms with Crippen molar-refractivity contribution in [3.63, 3.8) is 0 Å². The van der Waals surface area contributed by atoms with Crippen LogP contribution in [0.3, 0.4) is 0 Å². The van der Waals surface area contributed by atoms with Crippen molar-refractivity contribution in [1.29, 1.82) is 0 Å². The normalized spacial score (nSPS) is 11.8. The van der Waals surface area contributed by atoms with Gasteiger partial charge < -0.3 is 10.4 Å². The summed E-state index contributed by atoms with van der Waals surface area (Å²) in [4.78, 5) is 24.2. The molecule has 0 fully saturated rings. The van der Waals surface area contributed by atoms with Crippen LogP contribution in [0.15, 0.2) is 60.7 Å². The van der Waals surface area contributed by atoms with Gasteiger partial charge in [-0.15, -0.1) is 11.3 Å². The Kier molecular flexibility index (Phi) is 5.85. The first kappa shape index (κ1) is 19.0. The van der Waals surface area contributed by atoms with Gasteiger partial charge in [-0.2, -0.15) is 0 Å². The number of nitro benzene ring substituents is 1. The molecule has 3 aromatic rings. The molecule has 0 saturated heterocycles. The lowest BCUT2D eigenvalue weighted by Gasteiger charge is -2.08. The number of nitrogens with one attached hydrogen (secondary N) is 1. The molecule has 0 aliphatic carbocycles. The molecule has 27 heavy (non-hydrogen) atoms. The van der Waals surface area contributed by atoms with Gasteiger partial charge in [-0.1, -0.05) is 41.9 Å². The van der Waals surface area contributed by atoms with Crippen LogP contribution in [0.2, 0.25) is 5.02 Å². The summed E-state index contributed by atoms with van der Waals surface area (Å²) in [5.74, 6) is -0.498. The molecule has 8 heteroatoms. The van der Waals surface area contributed by atoms with Gasteiger partial charge in [-0.25, -0.2) is 0 Å². The maximum absolute atomic E-state index is 12.3. The van der Waals surface area contributed by atoms with E-state index in [4.69, 9.17) is 11.6 Å². The van der Waals surface area contributed by atoms with E-state index in [1.807, 2.05) is 42.5 Å². The van der Waals surface area contributed by atoms with E-state index in [0.717, 1.165) is 21.4 Å². The first-order valence-corrected chi connectivity index (χ1v) is 9.19. The third-order valence-corrected chi connectivity index (χ3v) is 5.36. The Labute approximate surface area is 164 Å². The Morgan fingerprint density at radius 2 is 1.93 bits per heavy atom. The highest BCUT2D eigenvalue weighted by Gasteiger charge is 2.17. The maximum Gasteiger partial charge on any atom is 0.270 e. The van der Waals surface area contributed by atoms with Crippen molar-refractivity contribution in [3.05, 3.63) is 96.7 Å². The molecular weight excluding hydrogens is 388 g/mol. The second-order valence-corrected chi connectivity index (χ2v) is 7.33. The van der Waals surface area contributed by atoms with E-state index >= 15 is 0 Å². The Balaban J connectivity index is 1.67. The van der Waals surface area contributed by atoms with Gasteiger partial charge in [-0.05, 0) is 23.8 Å². The van der Waals surface area contributed by atoms with Crippen LogP contribution in [-0.2, 0) is 6.54 Å². The minimum Gasteiger partial charge on any atom is -0.383 e. The van der Waals surface area contributed by atoms with Crippen molar-refractivity contribution in [2.45, 2.75) is 12.6 Å². The number of halogens is 1. The van der Waals surface area contributed by atoms with E-state index in [2.05, 4.69) is 5.32 Å². The van der Waals surface area contributed by atoms with Crippen LogP contribution in [0.4, 0.5) is 5.69 Å². The average molecular weight is 403 g/mol. The summed E-state index contributed by atoms with van der Waals surface area (Å²) in [6, 6.07) is 16.6. The number of benzene rings is 2. The molecule has 1 unspecified atom stereocenters. The lowest BCUT2D eigenvalue weighted by atomic mass is 10.1. The summed E-state index contributed by atoms with van der Waals surface area (Å²) >= 11 is 7.36. The topological polar surface area (TPSA) is 92.5 Å². The number of carbonyl (C=O) groups is 1. The molecule has 1 atom stereocenters. The molecule has 6 nitrogen and oxygen atoms in total. The molecule has 3 rings (SSSR count). The van der Waals surface area contributed by atoms with Gasteiger partial charge in [0.15, 0.2) is 0 Å². The standard InChI is InChI=1S/C19H15ClN2O4S/c20-16-8-6-13(22(25)26)10-15(16)19(24)21-11-14-7-9-17(27-14)18(23)12-4-2-1-3-5-12/h1-10,18,23H,11H2,(H,21,24). The SMILES string of the molecule is O=C(NCc1ccc(C(O)c2ccccc2)s1)c1cc([N+](=O)[O-])ccc1Cl. The van der Waals surface area contributed by atoms with Crippen molar-refractivity contribution < 1.29 is 14.8 Å². The number of non-ortho nitro benzene ring substituents is 1. The van der Waals surface area contributed by atoms with Crippen molar-refractivity contribution >= 4 is 34.5 Å². The van der Waals surface area contributed by atoms with E-state index < -0.39 is 16.9 Å². The average Bonchev–Trinajstić information content (AvgIpc) is 3.15. The minimum absolute atomic E-state index is 0.0481. The van der Waals surface area contributed by atoms with Crippen LogP contribution in [0.1, 0.15) is 31.8 Å². The third kappa shape index (κ3) is 4.51. The number of amides is 1. The summed E-state index contributed by atoms with van der Waals surface area (Å²) in [6.45, 7) is 0.226. The highest BCUT2D eigenvalue weighted by molar-refractivity contribution is 7.12. The number of nitrogens with zero attached hydrogens (tertiary/aromatic N) is 1. The molecule has 1 aromatic heterocycles. The molecule has 138 valence electrons. The van der Waals surface area contributed by atoms with Gasteiger partial charge in [0.2, 0.25) is 0 Å². The number of hydrogen-bond acceptors (Lipinski definition) is 5. The van der Waals surface area contributed by atoms with Crippen LogP contribution in [-0.4, -0.2) is 15.9 Å². The van der Waals surface area contributed by atoms with Gasteiger partial charge in [0.1, 0.15) is 6.10 Å². The number of rotatable bonds is 6. The van der Waals surface area contributed by atoms with Crippen molar-refractivity contribution in [2.75, 3.05) is 0 Å². The summed E-state index contributed by atoms with van der Waals surface area (Å²) in [5, 5.41) is 24.1. The number of nitro groups is 1.